The highest BCUT2D eigenvalue weighted by molar-refractivity contribution is 6.06. The largest absolute Gasteiger partial charge is 0.265 e. The van der Waals surface area contributed by atoms with E-state index in [1.54, 1.807) is 36.7 Å². The zero-order chi connectivity index (χ0) is 22.1. The van der Waals surface area contributed by atoms with Crippen LogP contribution in [-0.4, -0.2) is 19.7 Å². The quantitative estimate of drug-likeness (QED) is 0.322. The molecule has 0 aliphatic rings. The van der Waals surface area contributed by atoms with Crippen molar-refractivity contribution in [1.29, 1.82) is 0 Å². The average molecular weight is 426 g/mol. The van der Waals surface area contributed by atoms with E-state index < -0.39 is 0 Å². The van der Waals surface area contributed by atoms with Crippen molar-refractivity contribution in [3.8, 4) is 33.5 Å². The van der Waals surface area contributed by atoms with Gasteiger partial charge in [0, 0.05) is 41.0 Å². The Kier molecular flexibility index (Phi) is 5.19. The van der Waals surface area contributed by atoms with E-state index in [0.717, 1.165) is 51.8 Å². The van der Waals surface area contributed by atoms with Crippen LogP contribution in [0.25, 0.3) is 44.5 Å². The molecule has 0 aliphatic carbocycles. The van der Waals surface area contributed by atoms with Gasteiger partial charge < -0.3 is 0 Å². The van der Waals surface area contributed by atoms with E-state index in [2.05, 4.69) is 17.0 Å². The van der Waals surface area contributed by atoms with E-state index in [1.807, 2.05) is 23.0 Å². The summed E-state index contributed by atoms with van der Waals surface area (Å²) in [7, 11) is 0. The normalized spacial score (nSPS) is 11.2. The smallest absolute Gasteiger partial charge is 0.159 e. The van der Waals surface area contributed by atoms with Crippen LogP contribution in [-0.2, 0) is 6.54 Å². The number of nitrogens with zero attached hydrogens (tertiary/aromatic N) is 4. The van der Waals surface area contributed by atoms with E-state index in [-0.39, 0.29) is 11.6 Å². The van der Waals surface area contributed by atoms with Gasteiger partial charge in [-0.25, -0.2) is 18.4 Å². The van der Waals surface area contributed by atoms with Crippen LogP contribution in [0.2, 0.25) is 0 Å². The van der Waals surface area contributed by atoms with Crippen molar-refractivity contribution in [3.05, 3.63) is 90.9 Å². The Labute approximate surface area is 184 Å². The predicted octanol–water partition coefficient (Wildman–Crippen LogP) is 6.52. The molecule has 3 aromatic heterocycles. The van der Waals surface area contributed by atoms with Crippen LogP contribution < -0.4 is 0 Å². The fourth-order valence-corrected chi connectivity index (χ4v) is 4.00. The lowest BCUT2D eigenvalue weighted by Gasteiger charge is -2.17. The fraction of sp³-hybridized carbons (Fsp3) is 0.115. The molecule has 3 heterocycles. The van der Waals surface area contributed by atoms with E-state index in [4.69, 9.17) is 4.98 Å². The minimum Gasteiger partial charge on any atom is -0.265 e. The predicted molar refractivity (Wildman–Crippen MR) is 122 cm³/mol. The maximum Gasteiger partial charge on any atom is 0.159 e. The second kappa shape index (κ2) is 8.30. The zero-order valence-electron chi connectivity index (χ0n) is 17.5. The molecule has 0 saturated heterocycles. The Morgan fingerprint density at radius 2 is 1.34 bits per heavy atom. The van der Waals surface area contributed by atoms with Crippen molar-refractivity contribution < 1.29 is 8.78 Å². The number of pyridine rings is 2. The number of aromatic nitrogens is 4. The lowest BCUT2D eigenvalue weighted by atomic mass is 9.89. The highest BCUT2D eigenvalue weighted by atomic mass is 19.1. The molecule has 4 nitrogen and oxygen atoms in total. The van der Waals surface area contributed by atoms with Crippen molar-refractivity contribution in [2.45, 2.75) is 19.9 Å². The second-order valence-electron chi connectivity index (χ2n) is 7.57. The molecule has 5 rings (SSSR count). The van der Waals surface area contributed by atoms with Crippen LogP contribution in [0.3, 0.4) is 0 Å². The van der Waals surface area contributed by atoms with Gasteiger partial charge in [0.05, 0.1) is 11.9 Å². The van der Waals surface area contributed by atoms with E-state index in [0.29, 0.717) is 5.69 Å². The summed E-state index contributed by atoms with van der Waals surface area (Å²) in [5, 5.41) is 5.46. The Balaban J connectivity index is 1.93. The molecular formula is C26H20F2N4. The number of rotatable bonds is 5. The molecule has 0 unspecified atom stereocenters. The molecule has 0 amide bonds. The summed E-state index contributed by atoms with van der Waals surface area (Å²) in [5.74, 6) is -0.611. The standard InChI is InChI=1S/C26H20F2N4/c1-2-15-32-26-22(16-30-32)23(17-3-7-20(27)8-4-17)24(18-11-13-29-14-12-18)25(31-26)19-5-9-21(28)10-6-19/h3-14,16H,2,15H2,1H3. The Bertz CT molecular complexity index is 1380. The maximum absolute atomic E-state index is 13.8. The lowest BCUT2D eigenvalue weighted by molar-refractivity contribution is 0.617. The minimum atomic E-state index is -0.310. The third-order valence-electron chi connectivity index (χ3n) is 5.44. The molecule has 0 spiro atoms. The van der Waals surface area contributed by atoms with Crippen LogP contribution in [0.4, 0.5) is 8.78 Å². The van der Waals surface area contributed by atoms with Crippen molar-refractivity contribution in [1.82, 2.24) is 19.7 Å². The summed E-state index contributed by atoms with van der Waals surface area (Å²) in [6.45, 7) is 2.80. The molecule has 0 aliphatic heterocycles. The second-order valence-corrected chi connectivity index (χ2v) is 7.57. The molecule has 0 radical (unpaired) electrons. The Morgan fingerprint density at radius 3 is 1.97 bits per heavy atom. The number of benzene rings is 2. The summed E-state index contributed by atoms with van der Waals surface area (Å²) in [6.07, 6.45) is 6.17. The maximum atomic E-state index is 13.8. The van der Waals surface area contributed by atoms with Gasteiger partial charge in [-0.05, 0) is 66.1 Å². The van der Waals surface area contributed by atoms with Gasteiger partial charge in [0.2, 0.25) is 0 Å². The summed E-state index contributed by atoms with van der Waals surface area (Å²) in [5.41, 5.74) is 5.77. The SMILES string of the molecule is CCCn1ncc2c(-c3ccc(F)cc3)c(-c3ccncc3)c(-c3ccc(F)cc3)nc21. The van der Waals surface area contributed by atoms with Crippen molar-refractivity contribution in [2.75, 3.05) is 0 Å². The topological polar surface area (TPSA) is 43.6 Å². The summed E-state index contributed by atoms with van der Waals surface area (Å²) in [4.78, 5) is 9.17. The van der Waals surface area contributed by atoms with Gasteiger partial charge >= 0.3 is 0 Å². The van der Waals surface area contributed by atoms with Crippen LogP contribution in [0, 0.1) is 11.6 Å². The first-order valence-corrected chi connectivity index (χ1v) is 10.5. The highest BCUT2D eigenvalue weighted by Crippen LogP contribution is 2.43. The summed E-state index contributed by atoms with van der Waals surface area (Å²) < 4.78 is 29.3. The first-order chi connectivity index (χ1) is 15.7. The summed E-state index contributed by atoms with van der Waals surface area (Å²) >= 11 is 0. The van der Waals surface area contributed by atoms with Gasteiger partial charge in [-0.1, -0.05) is 19.1 Å². The van der Waals surface area contributed by atoms with Gasteiger partial charge in [0.15, 0.2) is 5.65 Å². The number of hydrogen-bond acceptors (Lipinski definition) is 3. The monoisotopic (exact) mass is 426 g/mol. The molecule has 158 valence electrons. The van der Waals surface area contributed by atoms with Crippen LogP contribution in [0.15, 0.2) is 79.3 Å². The molecule has 0 bridgehead atoms. The third-order valence-corrected chi connectivity index (χ3v) is 5.44. The first-order valence-electron chi connectivity index (χ1n) is 10.5. The molecule has 32 heavy (non-hydrogen) atoms. The zero-order valence-corrected chi connectivity index (χ0v) is 17.5. The molecule has 2 aromatic carbocycles. The van der Waals surface area contributed by atoms with Crippen LogP contribution >= 0.6 is 0 Å². The third kappa shape index (κ3) is 3.54. The van der Waals surface area contributed by atoms with E-state index in [1.165, 1.54) is 24.3 Å². The van der Waals surface area contributed by atoms with Crippen molar-refractivity contribution >= 4 is 11.0 Å². The van der Waals surface area contributed by atoms with Crippen LogP contribution in [0.1, 0.15) is 13.3 Å². The van der Waals surface area contributed by atoms with Gasteiger partial charge in [-0.15, -0.1) is 0 Å². The summed E-state index contributed by atoms with van der Waals surface area (Å²) in [6, 6.07) is 16.6. The van der Waals surface area contributed by atoms with Crippen LogP contribution in [0.5, 0.6) is 0 Å². The van der Waals surface area contributed by atoms with Gasteiger partial charge in [-0.3, -0.25) is 4.98 Å². The molecule has 5 aromatic rings. The Morgan fingerprint density at radius 1 is 0.750 bits per heavy atom. The fourth-order valence-electron chi connectivity index (χ4n) is 4.00. The molecule has 0 atom stereocenters. The van der Waals surface area contributed by atoms with Crippen molar-refractivity contribution in [3.63, 3.8) is 0 Å². The highest BCUT2D eigenvalue weighted by Gasteiger charge is 2.22. The van der Waals surface area contributed by atoms with Gasteiger partial charge in [0.25, 0.3) is 0 Å². The van der Waals surface area contributed by atoms with Gasteiger partial charge in [0.1, 0.15) is 11.6 Å². The number of fused-ring (bicyclic) bond motifs is 1. The average Bonchev–Trinajstić information content (AvgIpc) is 3.22. The van der Waals surface area contributed by atoms with Gasteiger partial charge in [-0.2, -0.15) is 5.10 Å². The van der Waals surface area contributed by atoms with Crippen molar-refractivity contribution in [2.24, 2.45) is 0 Å². The molecule has 0 N–H and O–H groups in total. The Hall–Kier alpha value is -3.93. The number of halogens is 2. The number of aryl methyl sites for hydroxylation is 1. The molecule has 0 saturated carbocycles. The number of hydrogen-bond donors (Lipinski definition) is 0. The van der Waals surface area contributed by atoms with E-state index in [9.17, 15) is 8.78 Å². The minimum absolute atomic E-state index is 0.301. The van der Waals surface area contributed by atoms with E-state index >= 15 is 0 Å². The molecule has 6 heteroatoms. The lowest BCUT2D eigenvalue weighted by Crippen LogP contribution is -2.02. The molecular weight excluding hydrogens is 406 g/mol. The first kappa shape index (κ1) is 20.0. The molecule has 0 fully saturated rings.